The van der Waals surface area contributed by atoms with Crippen LogP contribution in [0.2, 0.25) is 5.02 Å². The van der Waals surface area contributed by atoms with Gasteiger partial charge >= 0.3 is 0 Å². The summed E-state index contributed by atoms with van der Waals surface area (Å²) >= 11 is 7.21. The van der Waals surface area contributed by atoms with Gasteiger partial charge in [0, 0.05) is 38.6 Å². The van der Waals surface area contributed by atoms with E-state index in [0.29, 0.717) is 0 Å². The molecule has 0 radical (unpaired) electrons. The van der Waals surface area contributed by atoms with E-state index in [0.717, 1.165) is 5.02 Å². The third-order valence-corrected chi connectivity index (χ3v) is 13.5. The van der Waals surface area contributed by atoms with Crippen molar-refractivity contribution in [3.8, 4) is 0 Å². The SMILES string of the molecule is CC(C)(C)c1ccc2c(c1)C1(C)CCCCC1(C)N2c1cc(Cl)cc(N2c3cccc(C(C)(C)C)c3C3(C)CCCCC23C)c1. The van der Waals surface area contributed by atoms with Crippen LogP contribution in [-0.2, 0) is 21.7 Å². The minimum atomic E-state index is -0.0231. The molecule has 45 heavy (non-hydrogen) atoms. The summed E-state index contributed by atoms with van der Waals surface area (Å²) in [6, 6.07) is 21.4. The summed E-state index contributed by atoms with van der Waals surface area (Å²) in [5, 5.41) is 0.824. The molecular weight excluding hydrogens is 568 g/mol. The molecule has 2 fully saturated rings. The van der Waals surface area contributed by atoms with Crippen LogP contribution >= 0.6 is 11.6 Å². The van der Waals surface area contributed by atoms with Gasteiger partial charge in [-0.25, -0.2) is 0 Å². The molecule has 2 aliphatic carbocycles. The van der Waals surface area contributed by atoms with Crippen LogP contribution in [0.4, 0.5) is 22.7 Å². The molecule has 3 heteroatoms. The monoisotopic (exact) mass is 622 g/mol. The standard InChI is InChI=1S/C42H55ClN2/c1-37(2,3)28-18-19-34-33(24-28)39(7)20-11-13-22-41(39,9)44(34)30-25-29(43)26-31(27-30)45-35-17-15-16-32(38(4,5)6)36(35)40(8)21-12-14-23-42(40,45)10/h15-19,24-27H,11-14,20-23H2,1-10H3. The largest absolute Gasteiger partial charge is 0.334 e. The molecular formula is C42H55ClN2. The summed E-state index contributed by atoms with van der Waals surface area (Å²) in [5.41, 5.74) is 11.5. The van der Waals surface area contributed by atoms with Crippen molar-refractivity contribution in [1.29, 1.82) is 0 Å². The predicted molar refractivity (Wildman–Crippen MR) is 194 cm³/mol. The van der Waals surface area contributed by atoms with Gasteiger partial charge in [-0.3, -0.25) is 0 Å². The fourth-order valence-corrected chi connectivity index (χ4v) is 10.5. The average Bonchev–Trinajstić information content (AvgIpc) is 3.30. The molecule has 7 rings (SSSR count). The van der Waals surface area contributed by atoms with Crippen LogP contribution in [0, 0.1) is 0 Å². The summed E-state index contributed by atoms with van der Waals surface area (Å²) in [5.74, 6) is 0. The molecule has 2 heterocycles. The number of fused-ring (bicyclic) bond motifs is 6. The third kappa shape index (κ3) is 4.19. The highest BCUT2D eigenvalue weighted by molar-refractivity contribution is 6.31. The van der Waals surface area contributed by atoms with Gasteiger partial charge in [-0.2, -0.15) is 0 Å². The third-order valence-electron chi connectivity index (χ3n) is 13.3. The number of nitrogens with zero attached hydrogens (tertiary/aromatic N) is 2. The maximum absolute atomic E-state index is 7.21. The Morgan fingerprint density at radius 2 is 1.16 bits per heavy atom. The van der Waals surface area contributed by atoms with Gasteiger partial charge in [0.2, 0.25) is 0 Å². The zero-order valence-corrected chi connectivity index (χ0v) is 30.4. The highest BCUT2D eigenvalue weighted by Gasteiger charge is 2.60. The summed E-state index contributed by atoms with van der Waals surface area (Å²) in [6.45, 7) is 24.3. The lowest BCUT2D eigenvalue weighted by Gasteiger charge is -2.51. The Kier molecular flexibility index (Phi) is 6.78. The van der Waals surface area contributed by atoms with Crippen molar-refractivity contribution in [3.63, 3.8) is 0 Å². The van der Waals surface area contributed by atoms with Gasteiger partial charge in [0.05, 0.1) is 11.1 Å². The smallest absolute Gasteiger partial charge is 0.0518 e. The summed E-state index contributed by atoms with van der Waals surface area (Å²) in [7, 11) is 0. The minimum Gasteiger partial charge on any atom is -0.334 e. The second kappa shape index (κ2) is 9.79. The van der Waals surface area contributed by atoms with E-state index in [-0.39, 0.29) is 32.7 Å². The van der Waals surface area contributed by atoms with Crippen molar-refractivity contribution >= 4 is 34.4 Å². The van der Waals surface area contributed by atoms with E-state index in [1.165, 1.54) is 90.8 Å². The molecule has 3 aromatic rings. The van der Waals surface area contributed by atoms with Crippen molar-refractivity contribution in [2.75, 3.05) is 9.80 Å². The first-order valence-electron chi connectivity index (χ1n) is 17.7. The molecule has 0 aromatic heterocycles. The summed E-state index contributed by atoms with van der Waals surface area (Å²) in [4.78, 5) is 5.42. The second-order valence-corrected chi connectivity index (χ2v) is 18.3. The van der Waals surface area contributed by atoms with E-state index in [2.05, 4.69) is 134 Å². The number of halogens is 1. The topological polar surface area (TPSA) is 6.48 Å². The van der Waals surface area contributed by atoms with Crippen LogP contribution in [0.5, 0.6) is 0 Å². The van der Waals surface area contributed by atoms with Crippen molar-refractivity contribution in [2.24, 2.45) is 0 Å². The molecule has 4 unspecified atom stereocenters. The van der Waals surface area contributed by atoms with Crippen LogP contribution in [0.3, 0.4) is 0 Å². The average molecular weight is 623 g/mol. The Bertz CT molecular complexity index is 1670. The Morgan fingerprint density at radius 1 is 0.600 bits per heavy atom. The fourth-order valence-electron chi connectivity index (χ4n) is 10.3. The molecule has 240 valence electrons. The molecule has 2 saturated carbocycles. The van der Waals surface area contributed by atoms with Crippen LogP contribution in [0.1, 0.15) is 143 Å². The van der Waals surface area contributed by atoms with Crippen LogP contribution < -0.4 is 9.80 Å². The van der Waals surface area contributed by atoms with E-state index >= 15 is 0 Å². The van der Waals surface area contributed by atoms with Crippen LogP contribution in [0.25, 0.3) is 0 Å². The minimum absolute atomic E-state index is 0.0163. The lowest BCUT2D eigenvalue weighted by Crippen LogP contribution is -2.55. The van der Waals surface area contributed by atoms with Crippen molar-refractivity contribution in [3.05, 3.63) is 81.9 Å². The maximum Gasteiger partial charge on any atom is 0.0518 e. The van der Waals surface area contributed by atoms with E-state index in [1.807, 2.05) is 0 Å². The molecule has 2 nitrogen and oxygen atoms in total. The molecule has 3 aromatic carbocycles. The highest BCUT2D eigenvalue weighted by atomic mass is 35.5. The molecule has 0 spiro atoms. The lowest BCUT2D eigenvalue weighted by atomic mass is 9.59. The first-order chi connectivity index (χ1) is 21.0. The maximum atomic E-state index is 7.21. The molecule has 0 amide bonds. The Labute approximate surface area is 278 Å². The van der Waals surface area contributed by atoms with E-state index in [9.17, 15) is 0 Å². The van der Waals surface area contributed by atoms with Gasteiger partial charge in [0.1, 0.15) is 0 Å². The molecule has 2 aliphatic heterocycles. The van der Waals surface area contributed by atoms with Gasteiger partial charge in [-0.15, -0.1) is 0 Å². The Morgan fingerprint density at radius 3 is 1.76 bits per heavy atom. The normalized spacial score (nSPS) is 31.0. The quantitative estimate of drug-likeness (QED) is 0.280. The van der Waals surface area contributed by atoms with E-state index in [1.54, 1.807) is 5.56 Å². The Balaban J connectivity index is 1.44. The Hall–Kier alpha value is -2.45. The number of rotatable bonds is 2. The lowest BCUT2D eigenvalue weighted by molar-refractivity contribution is 0.192. The highest BCUT2D eigenvalue weighted by Crippen LogP contribution is 2.64. The van der Waals surface area contributed by atoms with Crippen LogP contribution in [-0.4, -0.2) is 11.1 Å². The zero-order chi connectivity index (χ0) is 32.4. The fraction of sp³-hybridized carbons (Fsp3) is 0.571. The summed E-state index contributed by atoms with van der Waals surface area (Å²) < 4.78 is 0. The van der Waals surface area contributed by atoms with E-state index in [4.69, 9.17) is 11.6 Å². The number of anilines is 4. The van der Waals surface area contributed by atoms with Crippen LogP contribution in [0.15, 0.2) is 54.6 Å². The molecule has 0 N–H and O–H groups in total. The van der Waals surface area contributed by atoms with Gasteiger partial charge in [-0.1, -0.05) is 117 Å². The van der Waals surface area contributed by atoms with Crippen molar-refractivity contribution in [2.45, 2.75) is 153 Å². The number of benzene rings is 3. The van der Waals surface area contributed by atoms with Gasteiger partial charge in [0.15, 0.2) is 0 Å². The van der Waals surface area contributed by atoms with Gasteiger partial charge in [0.25, 0.3) is 0 Å². The van der Waals surface area contributed by atoms with Crippen molar-refractivity contribution < 1.29 is 0 Å². The number of hydrogen-bond donors (Lipinski definition) is 0. The van der Waals surface area contributed by atoms with Gasteiger partial charge < -0.3 is 9.80 Å². The second-order valence-electron chi connectivity index (χ2n) is 17.9. The van der Waals surface area contributed by atoms with Crippen molar-refractivity contribution in [1.82, 2.24) is 0 Å². The van der Waals surface area contributed by atoms with Gasteiger partial charge in [-0.05, 0) is 103 Å². The zero-order valence-electron chi connectivity index (χ0n) is 29.6. The number of hydrogen-bond acceptors (Lipinski definition) is 2. The summed E-state index contributed by atoms with van der Waals surface area (Å²) in [6.07, 6.45) is 9.92. The molecule has 0 bridgehead atoms. The molecule has 4 aliphatic rings. The first-order valence-corrected chi connectivity index (χ1v) is 18.0. The predicted octanol–water partition coefficient (Wildman–Crippen LogP) is 12.4. The van der Waals surface area contributed by atoms with E-state index < -0.39 is 0 Å². The molecule has 0 saturated heterocycles. The molecule has 4 atom stereocenters. The first kappa shape index (κ1) is 31.2.